The predicted octanol–water partition coefficient (Wildman–Crippen LogP) is 4.86. The fourth-order valence-electron chi connectivity index (χ4n) is 1.91. The number of hydrogen-bond acceptors (Lipinski definition) is 3. The van der Waals surface area contributed by atoms with E-state index in [9.17, 15) is 9.18 Å². The highest BCUT2D eigenvalue weighted by Crippen LogP contribution is 2.38. The van der Waals surface area contributed by atoms with Crippen LogP contribution in [0.4, 0.5) is 4.39 Å². The second kappa shape index (κ2) is 5.60. The molecule has 3 rings (SSSR count). The number of nitrogens with zero attached hydrogens (tertiary/aromatic N) is 2. The van der Waals surface area contributed by atoms with Crippen LogP contribution < -0.4 is 0 Å². The molecule has 0 saturated carbocycles. The molecule has 0 unspecified atom stereocenters. The van der Waals surface area contributed by atoms with Gasteiger partial charge in [-0.25, -0.2) is 9.07 Å². The first-order valence-corrected chi connectivity index (χ1v) is 7.41. The van der Waals surface area contributed by atoms with E-state index in [-0.39, 0.29) is 5.82 Å². The van der Waals surface area contributed by atoms with Crippen molar-refractivity contribution in [3.63, 3.8) is 0 Å². The first-order valence-electron chi connectivity index (χ1n) is 5.84. The zero-order valence-corrected chi connectivity index (χ0v) is 12.7. The lowest BCUT2D eigenvalue weighted by molar-refractivity contribution is 0.112. The Bertz CT molecular complexity index is 811. The summed E-state index contributed by atoms with van der Waals surface area (Å²) in [7, 11) is 0. The molecule has 0 aliphatic heterocycles. The van der Waals surface area contributed by atoms with Gasteiger partial charge in [-0.3, -0.25) is 4.79 Å². The van der Waals surface area contributed by atoms with Crippen molar-refractivity contribution >= 4 is 40.8 Å². The van der Waals surface area contributed by atoms with Gasteiger partial charge in [0.1, 0.15) is 15.8 Å². The van der Waals surface area contributed by atoms with Crippen molar-refractivity contribution in [1.29, 1.82) is 0 Å². The number of rotatable bonds is 3. The zero-order valence-electron chi connectivity index (χ0n) is 10.4. The quantitative estimate of drug-likeness (QED) is 0.638. The average Bonchev–Trinajstić information content (AvgIpc) is 3.02. The van der Waals surface area contributed by atoms with Crippen LogP contribution in [0.15, 0.2) is 36.5 Å². The molecule has 0 saturated heterocycles. The number of hydrogen-bond donors (Lipinski definition) is 0. The molecule has 0 amide bonds. The van der Waals surface area contributed by atoms with Crippen LogP contribution in [0.1, 0.15) is 10.4 Å². The first-order chi connectivity index (χ1) is 10.1. The van der Waals surface area contributed by atoms with E-state index in [0.29, 0.717) is 37.5 Å². The van der Waals surface area contributed by atoms with Gasteiger partial charge in [0.2, 0.25) is 0 Å². The molecule has 0 spiro atoms. The molecule has 0 aliphatic rings. The second-order valence-electron chi connectivity index (χ2n) is 4.21. The molecule has 0 atom stereocenters. The predicted molar refractivity (Wildman–Crippen MR) is 82.2 cm³/mol. The summed E-state index contributed by atoms with van der Waals surface area (Å²) in [6.45, 7) is 0. The van der Waals surface area contributed by atoms with Crippen molar-refractivity contribution in [2.75, 3.05) is 0 Å². The van der Waals surface area contributed by atoms with Gasteiger partial charge in [0.15, 0.2) is 6.29 Å². The third-order valence-electron chi connectivity index (χ3n) is 2.87. The lowest BCUT2D eigenvalue weighted by Crippen LogP contribution is -1.94. The number of aromatic nitrogens is 2. The minimum Gasteiger partial charge on any atom is -0.298 e. The molecule has 7 heteroatoms. The van der Waals surface area contributed by atoms with E-state index >= 15 is 0 Å². The van der Waals surface area contributed by atoms with Crippen molar-refractivity contribution < 1.29 is 9.18 Å². The number of thiophene rings is 1. The molecule has 2 aromatic heterocycles. The fourth-order valence-corrected chi connectivity index (χ4v) is 3.38. The lowest BCUT2D eigenvalue weighted by atomic mass is 10.2. The number of benzene rings is 1. The molecule has 1 aromatic carbocycles. The summed E-state index contributed by atoms with van der Waals surface area (Å²) >= 11 is 13.2. The smallest absolute Gasteiger partial charge is 0.153 e. The Hall–Kier alpha value is -1.69. The summed E-state index contributed by atoms with van der Waals surface area (Å²) in [5.41, 5.74) is 2.08. The van der Waals surface area contributed by atoms with Crippen LogP contribution in [0.25, 0.3) is 16.9 Å². The number of carbonyl (C=O) groups is 1. The number of aldehydes is 1. The highest BCUT2D eigenvalue weighted by atomic mass is 35.5. The van der Waals surface area contributed by atoms with E-state index in [4.69, 9.17) is 23.2 Å². The molecule has 0 radical (unpaired) electrons. The van der Waals surface area contributed by atoms with Gasteiger partial charge >= 0.3 is 0 Å². The molecular formula is C14H7Cl2FN2OS. The van der Waals surface area contributed by atoms with Crippen LogP contribution in [-0.4, -0.2) is 16.1 Å². The van der Waals surface area contributed by atoms with Gasteiger partial charge in [-0.1, -0.05) is 23.2 Å². The molecule has 3 aromatic rings. The number of halogens is 3. The van der Waals surface area contributed by atoms with Crippen LogP contribution >= 0.6 is 34.5 Å². The Morgan fingerprint density at radius 3 is 2.52 bits per heavy atom. The standard InChI is InChI=1S/C14H7Cl2FN2OS/c15-12-5-11(14(16)21-12)13-8(7-20)6-19(18-13)10-3-1-9(17)2-4-10/h1-7H. The molecule has 21 heavy (non-hydrogen) atoms. The van der Waals surface area contributed by atoms with E-state index < -0.39 is 0 Å². The Kier molecular flexibility index (Phi) is 3.80. The normalized spacial score (nSPS) is 10.8. The summed E-state index contributed by atoms with van der Waals surface area (Å²) in [5.74, 6) is -0.339. The largest absolute Gasteiger partial charge is 0.298 e. The minimum atomic E-state index is -0.339. The summed E-state index contributed by atoms with van der Waals surface area (Å²) in [5, 5.41) is 4.35. The van der Waals surface area contributed by atoms with Crippen molar-refractivity contribution in [2.45, 2.75) is 0 Å². The molecule has 2 heterocycles. The number of carbonyl (C=O) groups excluding carboxylic acids is 1. The zero-order chi connectivity index (χ0) is 15.0. The topological polar surface area (TPSA) is 34.9 Å². The monoisotopic (exact) mass is 340 g/mol. The highest BCUT2D eigenvalue weighted by Gasteiger charge is 2.17. The molecule has 0 aliphatic carbocycles. The van der Waals surface area contributed by atoms with Gasteiger partial charge in [0, 0.05) is 11.8 Å². The Balaban J connectivity index is 2.12. The SMILES string of the molecule is O=Cc1cn(-c2ccc(F)cc2)nc1-c1cc(Cl)sc1Cl. The van der Waals surface area contributed by atoms with Gasteiger partial charge < -0.3 is 0 Å². The van der Waals surface area contributed by atoms with Crippen LogP contribution in [-0.2, 0) is 0 Å². The van der Waals surface area contributed by atoms with Crippen LogP contribution in [0.2, 0.25) is 8.67 Å². The maximum absolute atomic E-state index is 13.0. The van der Waals surface area contributed by atoms with Gasteiger partial charge in [-0.2, -0.15) is 5.10 Å². The molecule has 0 fully saturated rings. The van der Waals surface area contributed by atoms with E-state index in [1.165, 1.54) is 28.2 Å². The Morgan fingerprint density at radius 1 is 1.24 bits per heavy atom. The van der Waals surface area contributed by atoms with Crippen molar-refractivity contribution in [1.82, 2.24) is 9.78 Å². The lowest BCUT2D eigenvalue weighted by Gasteiger charge is -2.00. The van der Waals surface area contributed by atoms with Gasteiger partial charge in [0.25, 0.3) is 0 Å². The highest BCUT2D eigenvalue weighted by molar-refractivity contribution is 7.20. The molecule has 0 N–H and O–H groups in total. The third-order valence-corrected chi connectivity index (χ3v) is 4.36. The van der Waals surface area contributed by atoms with Crippen LogP contribution in [0.5, 0.6) is 0 Å². The van der Waals surface area contributed by atoms with E-state index in [2.05, 4.69) is 5.10 Å². The Labute approximate surface area is 133 Å². The maximum atomic E-state index is 13.0. The van der Waals surface area contributed by atoms with Gasteiger partial charge in [-0.15, -0.1) is 11.3 Å². The maximum Gasteiger partial charge on any atom is 0.153 e. The van der Waals surface area contributed by atoms with Crippen LogP contribution in [0.3, 0.4) is 0 Å². The van der Waals surface area contributed by atoms with Crippen LogP contribution in [0, 0.1) is 5.82 Å². The summed E-state index contributed by atoms with van der Waals surface area (Å²) < 4.78 is 15.4. The van der Waals surface area contributed by atoms with Gasteiger partial charge in [-0.05, 0) is 30.3 Å². The minimum absolute atomic E-state index is 0.339. The third kappa shape index (κ3) is 2.72. The molecule has 3 nitrogen and oxygen atoms in total. The summed E-state index contributed by atoms with van der Waals surface area (Å²) in [6, 6.07) is 7.46. The molecule has 0 bridgehead atoms. The van der Waals surface area contributed by atoms with E-state index in [0.717, 1.165) is 0 Å². The Morgan fingerprint density at radius 2 is 1.95 bits per heavy atom. The van der Waals surface area contributed by atoms with E-state index in [1.807, 2.05) is 0 Å². The van der Waals surface area contributed by atoms with Gasteiger partial charge in [0.05, 0.1) is 15.6 Å². The van der Waals surface area contributed by atoms with E-state index in [1.54, 1.807) is 24.4 Å². The first kappa shape index (κ1) is 14.3. The van der Waals surface area contributed by atoms with Crippen molar-refractivity contribution in [3.8, 4) is 16.9 Å². The molecular weight excluding hydrogens is 334 g/mol. The molecule has 106 valence electrons. The fraction of sp³-hybridized carbons (Fsp3) is 0. The summed E-state index contributed by atoms with van der Waals surface area (Å²) in [6.07, 6.45) is 2.27. The average molecular weight is 341 g/mol. The van der Waals surface area contributed by atoms with Crippen molar-refractivity contribution in [3.05, 3.63) is 56.6 Å². The van der Waals surface area contributed by atoms with Crippen molar-refractivity contribution in [2.24, 2.45) is 0 Å². The summed E-state index contributed by atoms with van der Waals surface area (Å²) in [4.78, 5) is 11.2. The second-order valence-corrected chi connectivity index (χ2v) is 6.50.